The summed E-state index contributed by atoms with van der Waals surface area (Å²) in [5.74, 6) is 1.57. The van der Waals surface area contributed by atoms with E-state index in [0.29, 0.717) is 41.0 Å². The number of carbonyl (C=O) groups is 1. The van der Waals surface area contributed by atoms with Crippen LogP contribution in [0.1, 0.15) is 24.7 Å². The van der Waals surface area contributed by atoms with Crippen molar-refractivity contribution >= 4 is 11.6 Å². The third-order valence-electron chi connectivity index (χ3n) is 5.43. The third kappa shape index (κ3) is 5.05. The summed E-state index contributed by atoms with van der Waals surface area (Å²) in [7, 11) is 3.12. The normalized spacial score (nSPS) is 16.5. The standard InChI is InChI=1S/C23H25FN4O4/c1-30-18-8-9-20(31-2)19(12-18)25-21(29)14-28-10-4-6-16(13-28)23-26-22(27-32-23)15-5-3-7-17(24)11-15/h3,5,7-9,11-12,16H,4,6,10,13-14H2,1-2H3,(H,25,29). The van der Waals surface area contributed by atoms with Gasteiger partial charge in [-0.05, 0) is 43.7 Å². The van der Waals surface area contributed by atoms with Gasteiger partial charge in [-0.3, -0.25) is 9.69 Å². The topological polar surface area (TPSA) is 89.7 Å². The number of aromatic nitrogens is 2. The first-order valence-corrected chi connectivity index (χ1v) is 10.4. The molecule has 0 saturated carbocycles. The Morgan fingerprint density at radius 3 is 2.91 bits per heavy atom. The number of piperidine rings is 1. The summed E-state index contributed by atoms with van der Waals surface area (Å²) in [4.78, 5) is 19.2. The molecule has 1 N–H and O–H groups in total. The van der Waals surface area contributed by atoms with Gasteiger partial charge in [-0.2, -0.15) is 4.98 Å². The summed E-state index contributed by atoms with van der Waals surface area (Å²) in [5, 5.41) is 6.90. The van der Waals surface area contributed by atoms with Crippen LogP contribution < -0.4 is 14.8 Å². The number of likely N-dealkylation sites (tertiary alicyclic amines) is 1. The number of methoxy groups -OCH3 is 2. The largest absolute Gasteiger partial charge is 0.497 e. The summed E-state index contributed by atoms with van der Waals surface area (Å²) in [6.07, 6.45) is 1.78. The van der Waals surface area contributed by atoms with Gasteiger partial charge in [0.05, 0.1) is 32.4 Å². The second-order valence-corrected chi connectivity index (χ2v) is 7.66. The first-order chi connectivity index (χ1) is 15.6. The molecule has 0 aliphatic carbocycles. The maximum atomic E-state index is 13.5. The van der Waals surface area contributed by atoms with Gasteiger partial charge in [-0.25, -0.2) is 4.39 Å². The van der Waals surface area contributed by atoms with Crippen molar-refractivity contribution in [1.82, 2.24) is 15.0 Å². The Morgan fingerprint density at radius 1 is 1.25 bits per heavy atom. The van der Waals surface area contributed by atoms with Crippen molar-refractivity contribution in [1.29, 1.82) is 0 Å². The van der Waals surface area contributed by atoms with Gasteiger partial charge in [0, 0.05) is 18.2 Å². The molecule has 1 amide bonds. The average Bonchev–Trinajstić information content (AvgIpc) is 3.29. The van der Waals surface area contributed by atoms with Gasteiger partial charge in [0.2, 0.25) is 17.6 Å². The molecule has 0 bridgehead atoms. The van der Waals surface area contributed by atoms with E-state index in [1.807, 2.05) is 0 Å². The van der Waals surface area contributed by atoms with Crippen LogP contribution in [0.15, 0.2) is 47.0 Å². The molecule has 2 heterocycles. The number of ether oxygens (including phenoxy) is 2. The van der Waals surface area contributed by atoms with Crippen LogP contribution in [0.3, 0.4) is 0 Å². The third-order valence-corrected chi connectivity index (χ3v) is 5.43. The smallest absolute Gasteiger partial charge is 0.238 e. The lowest BCUT2D eigenvalue weighted by atomic mass is 9.98. The maximum Gasteiger partial charge on any atom is 0.238 e. The quantitative estimate of drug-likeness (QED) is 0.599. The van der Waals surface area contributed by atoms with Crippen molar-refractivity contribution in [2.24, 2.45) is 0 Å². The number of carbonyl (C=O) groups excluding carboxylic acids is 1. The summed E-state index contributed by atoms with van der Waals surface area (Å²) in [6, 6.07) is 11.3. The molecule has 1 fully saturated rings. The molecule has 1 aliphatic rings. The van der Waals surface area contributed by atoms with Gasteiger partial charge in [0.1, 0.15) is 17.3 Å². The zero-order valence-corrected chi connectivity index (χ0v) is 18.0. The number of hydrogen-bond donors (Lipinski definition) is 1. The molecule has 1 atom stereocenters. The van der Waals surface area contributed by atoms with Gasteiger partial charge in [-0.1, -0.05) is 17.3 Å². The van der Waals surface area contributed by atoms with E-state index < -0.39 is 0 Å². The van der Waals surface area contributed by atoms with E-state index in [4.69, 9.17) is 14.0 Å². The highest BCUT2D eigenvalue weighted by Crippen LogP contribution is 2.30. The van der Waals surface area contributed by atoms with Gasteiger partial charge in [-0.15, -0.1) is 0 Å². The lowest BCUT2D eigenvalue weighted by Crippen LogP contribution is -2.39. The van der Waals surface area contributed by atoms with Gasteiger partial charge in [0.25, 0.3) is 0 Å². The Balaban J connectivity index is 1.39. The molecular formula is C23H25FN4O4. The van der Waals surface area contributed by atoms with Crippen molar-refractivity contribution in [2.75, 3.05) is 39.2 Å². The fraction of sp³-hybridized carbons (Fsp3) is 0.348. The number of anilines is 1. The van der Waals surface area contributed by atoms with Crippen molar-refractivity contribution in [3.05, 3.63) is 54.2 Å². The fourth-order valence-corrected chi connectivity index (χ4v) is 3.85. The predicted molar refractivity (Wildman–Crippen MR) is 116 cm³/mol. The highest BCUT2D eigenvalue weighted by Gasteiger charge is 2.27. The predicted octanol–water partition coefficient (Wildman–Crippen LogP) is 3.71. The molecule has 1 unspecified atom stereocenters. The van der Waals surface area contributed by atoms with E-state index in [1.165, 1.54) is 12.1 Å². The Labute approximate surface area is 185 Å². The van der Waals surface area contributed by atoms with Crippen LogP contribution in [0, 0.1) is 5.82 Å². The van der Waals surface area contributed by atoms with Crippen molar-refractivity contribution in [3.63, 3.8) is 0 Å². The van der Waals surface area contributed by atoms with E-state index in [2.05, 4.69) is 20.4 Å². The van der Waals surface area contributed by atoms with Crippen LogP contribution in [0.4, 0.5) is 10.1 Å². The Bertz CT molecular complexity index is 1090. The number of halogens is 1. The van der Waals surface area contributed by atoms with Crippen molar-refractivity contribution in [3.8, 4) is 22.9 Å². The molecule has 168 valence electrons. The Hall–Kier alpha value is -3.46. The first kappa shape index (κ1) is 21.8. The van der Waals surface area contributed by atoms with Gasteiger partial charge >= 0.3 is 0 Å². The minimum Gasteiger partial charge on any atom is -0.497 e. The average molecular weight is 440 g/mol. The van der Waals surface area contributed by atoms with Crippen LogP contribution in [0.5, 0.6) is 11.5 Å². The molecule has 1 aromatic heterocycles. The number of rotatable bonds is 7. The zero-order valence-electron chi connectivity index (χ0n) is 18.0. The SMILES string of the molecule is COc1ccc(OC)c(NC(=O)CN2CCCC(c3nc(-c4cccc(F)c4)no3)C2)c1. The molecule has 8 nitrogen and oxygen atoms in total. The number of amides is 1. The lowest BCUT2D eigenvalue weighted by molar-refractivity contribution is -0.117. The molecule has 0 radical (unpaired) electrons. The second-order valence-electron chi connectivity index (χ2n) is 7.66. The molecule has 9 heteroatoms. The van der Waals surface area contributed by atoms with E-state index in [-0.39, 0.29) is 24.2 Å². The monoisotopic (exact) mass is 440 g/mol. The van der Waals surface area contributed by atoms with Crippen LogP contribution in [0.2, 0.25) is 0 Å². The Morgan fingerprint density at radius 2 is 2.12 bits per heavy atom. The second kappa shape index (κ2) is 9.78. The molecule has 1 aliphatic heterocycles. The minimum atomic E-state index is -0.351. The molecule has 2 aromatic carbocycles. The van der Waals surface area contributed by atoms with E-state index in [1.54, 1.807) is 44.6 Å². The summed E-state index contributed by atoms with van der Waals surface area (Å²) < 4.78 is 29.5. The lowest BCUT2D eigenvalue weighted by Gasteiger charge is -2.30. The van der Waals surface area contributed by atoms with E-state index in [0.717, 1.165) is 19.4 Å². The van der Waals surface area contributed by atoms with Gasteiger partial charge < -0.3 is 19.3 Å². The van der Waals surface area contributed by atoms with Crippen LogP contribution in [-0.2, 0) is 4.79 Å². The fourth-order valence-electron chi connectivity index (χ4n) is 3.85. The Kier molecular flexibility index (Phi) is 6.65. The molecule has 32 heavy (non-hydrogen) atoms. The van der Waals surface area contributed by atoms with Crippen LogP contribution in [-0.4, -0.2) is 54.8 Å². The summed E-state index contributed by atoms with van der Waals surface area (Å²) >= 11 is 0. The van der Waals surface area contributed by atoms with E-state index >= 15 is 0 Å². The number of hydrogen-bond acceptors (Lipinski definition) is 7. The minimum absolute atomic E-state index is 0.0118. The number of nitrogens with one attached hydrogen (secondary N) is 1. The number of benzene rings is 2. The summed E-state index contributed by atoms with van der Waals surface area (Å²) in [6.45, 7) is 1.64. The molecule has 0 spiro atoms. The highest BCUT2D eigenvalue weighted by atomic mass is 19.1. The van der Waals surface area contributed by atoms with Crippen molar-refractivity contribution in [2.45, 2.75) is 18.8 Å². The molecule has 3 aromatic rings. The molecule has 4 rings (SSSR count). The maximum absolute atomic E-state index is 13.5. The van der Waals surface area contributed by atoms with Crippen LogP contribution >= 0.6 is 0 Å². The first-order valence-electron chi connectivity index (χ1n) is 10.4. The molecule has 1 saturated heterocycles. The van der Waals surface area contributed by atoms with Crippen molar-refractivity contribution < 1.29 is 23.2 Å². The zero-order chi connectivity index (χ0) is 22.5. The van der Waals surface area contributed by atoms with Gasteiger partial charge in [0.15, 0.2) is 0 Å². The summed E-state index contributed by atoms with van der Waals surface area (Å²) in [5.41, 5.74) is 1.13. The molecular weight excluding hydrogens is 415 g/mol. The van der Waals surface area contributed by atoms with E-state index in [9.17, 15) is 9.18 Å². The highest BCUT2D eigenvalue weighted by molar-refractivity contribution is 5.94. The number of nitrogens with zero attached hydrogens (tertiary/aromatic N) is 3. The van der Waals surface area contributed by atoms with Crippen LogP contribution in [0.25, 0.3) is 11.4 Å².